The second kappa shape index (κ2) is 25.3. The third-order valence-electron chi connectivity index (χ3n) is 20.2. The number of halogens is 1. The Morgan fingerprint density at radius 2 is 1.52 bits per heavy atom. The van der Waals surface area contributed by atoms with E-state index in [4.69, 9.17) is 9.97 Å². The number of hydrogen-bond acceptors (Lipinski definition) is 14. The first kappa shape index (κ1) is 61.9. The van der Waals surface area contributed by atoms with Gasteiger partial charge in [-0.2, -0.15) is 0 Å². The van der Waals surface area contributed by atoms with Gasteiger partial charge in [-0.05, 0) is 190 Å². The van der Waals surface area contributed by atoms with Crippen LogP contribution in [0.1, 0.15) is 168 Å². The lowest BCUT2D eigenvalue weighted by Crippen LogP contribution is -2.58. The highest BCUT2D eigenvalue weighted by Gasteiger charge is 2.56. The second-order valence-corrected chi connectivity index (χ2v) is 26.6. The maximum absolute atomic E-state index is 16.0. The number of piperidine rings is 4. The second-order valence-electron chi connectivity index (χ2n) is 26.6. The van der Waals surface area contributed by atoms with E-state index in [1.54, 1.807) is 25.4 Å². The number of imide groups is 2. The van der Waals surface area contributed by atoms with Crippen LogP contribution < -0.4 is 31.5 Å². The molecule has 6 aliphatic heterocycles. The zero-order chi connectivity index (χ0) is 64.3. The average Bonchev–Trinajstić information content (AvgIpc) is 1.55. The van der Waals surface area contributed by atoms with Crippen LogP contribution in [0.15, 0.2) is 85.2 Å². The van der Waals surface area contributed by atoms with Gasteiger partial charge in [-0.25, -0.2) is 14.4 Å². The van der Waals surface area contributed by atoms with Crippen molar-refractivity contribution in [3.05, 3.63) is 130 Å². The molecular formula is C70H80FN13O8. The highest BCUT2D eigenvalue weighted by Crippen LogP contribution is 2.52. The minimum absolute atomic E-state index is 0.00508. The number of fused-ring (bicyclic) bond motifs is 4. The van der Waals surface area contributed by atoms with Crippen molar-refractivity contribution < 1.29 is 42.7 Å². The highest BCUT2D eigenvalue weighted by atomic mass is 19.1. The predicted molar refractivity (Wildman–Crippen MR) is 346 cm³/mol. The Kier molecular flexibility index (Phi) is 17.0. The fourth-order valence-corrected chi connectivity index (χ4v) is 15.0. The Balaban J connectivity index is 0.643. The molecule has 6 aromatic rings. The molecule has 5 N–H and O–H groups in total. The number of nitrogens with zero attached hydrogens (tertiary/aromatic N) is 8. The van der Waals surface area contributed by atoms with Crippen molar-refractivity contribution in [3.63, 3.8) is 0 Å². The van der Waals surface area contributed by atoms with Gasteiger partial charge in [0.25, 0.3) is 23.6 Å². The van der Waals surface area contributed by atoms with Gasteiger partial charge in [0.1, 0.15) is 17.4 Å². The average molecular weight is 1250 g/mol. The third-order valence-corrected chi connectivity index (χ3v) is 20.2. The van der Waals surface area contributed by atoms with Gasteiger partial charge in [-0.3, -0.25) is 53.5 Å². The quantitative estimate of drug-likeness (QED) is 0.0426. The van der Waals surface area contributed by atoms with E-state index in [-0.39, 0.29) is 90.4 Å². The third kappa shape index (κ3) is 11.7. The summed E-state index contributed by atoms with van der Waals surface area (Å²) in [5, 5.41) is 14.5. The molecule has 480 valence electrons. The van der Waals surface area contributed by atoms with Gasteiger partial charge in [-0.1, -0.05) is 36.8 Å². The van der Waals surface area contributed by atoms with E-state index in [0.717, 1.165) is 79.1 Å². The summed E-state index contributed by atoms with van der Waals surface area (Å²) in [6.07, 6.45) is 10.0. The molecule has 2 aromatic heterocycles. The van der Waals surface area contributed by atoms with Gasteiger partial charge in [0.15, 0.2) is 5.82 Å². The largest absolute Gasteiger partial charge is 0.383 e. The zero-order valence-corrected chi connectivity index (χ0v) is 52.9. The van der Waals surface area contributed by atoms with E-state index in [1.165, 1.54) is 37.5 Å². The fraction of sp³-hybridized carbons (Fsp3) is 0.457. The van der Waals surface area contributed by atoms with Crippen LogP contribution in [0.25, 0.3) is 22.3 Å². The lowest BCUT2D eigenvalue weighted by atomic mass is 9.73. The SMILES string of the molecule is Cc1cc(F)c(Nc2nc(-c3ccc4c(c3)N(C3CC(N5CCCCC5)C3)C(=O)C43CCN(C(=O)CN4CCC(c5ccc(C(=O)NCCNc6cccc7c6C(=O)N(C6CCC(=O)NC6=O)C7=O)cc5)CC4)CC3)cc3ncn(C(C)C)c23)cc1C(=O)NC(C)C. The molecule has 7 aliphatic rings. The molecule has 1 atom stereocenters. The summed E-state index contributed by atoms with van der Waals surface area (Å²) in [5.41, 5.74) is 7.13. The van der Waals surface area contributed by atoms with Gasteiger partial charge in [0.2, 0.25) is 23.6 Å². The molecule has 21 nitrogen and oxygen atoms in total. The minimum Gasteiger partial charge on any atom is -0.383 e. The summed E-state index contributed by atoms with van der Waals surface area (Å²) in [5.74, 6) is -2.60. The number of pyridine rings is 1. The van der Waals surface area contributed by atoms with Crippen LogP contribution in [0, 0.1) is 12.7 Å². The number of carbonyl (C=O) groups excluding carboxylic acids is 8. The predicted octanol–water partition coefficient (Wildman–Crippen LogP) is 8.35. The summed E-state index contributed by atoms with van der Waals surface area (Å²) in [7, 11) is 0. The normalized spacial score (nSPS) is 21.1. The number of aromatic nitrogens is 3. The molecule has 1 spiro atoms. The van der Waals surface area contributed by atoms with Crippen molar-refractivity contribution in [3.8, 4) is 11.3 Å². The van der Waals surface area contributed by atoms with Crippen molar-refractivity contribution in [2.75, 3.05) is 74.4 Å². The van der Waals surface area contributed by atoms with E-state index in [9.17, 15) is 33.6 Å². The summed E-state index contributed by atoms with van der Waals surface area (Å²) in [4.78, 5) is 127. The number of rotatable bonds is 17. The molecule has 0 radical (unpaired) electrons. The van der Waals surface area contributed by atoms with Crippen LogP contribution in [0.5, 0.6) is 0 Å². The first-order valence-corrected chi connectivity index (χ1v) is 32.8. The maximum Gasteiger partial charge on any atom is 0.264 e. The molecular weight excluding hydrogens is 1170 g/mol. The van der Waals surface area contributed by atoms with E-state index in [0.29, 0.717) is 83.4 Å². The van der Waals surface area contributed by atoms with Crippen molar-refractivity contribution >= 4 is 81.2 Å². The van der Waals surface area contributed by atoms with E-state index in [1.807, 2.05) is 73.6 Å². The number of benzene rings is 4. The molecule has 92 heavy (non-hydrogen) atoms. The van der Waals surface area contributed by atoms with Crippen LogP contribution in [-0.4, -0.2) is 164 Å². The van der Waals surface area contributed by atoms with Gasteiger partial charge < -0.3 is 40.5 Å². The first-order chi connectivity index (χ1) is 44.3. The Morgan fingerprint density at radius 3 is 2.24 bits per heavy atom. The molecule has 4 aromatic carbocycles. The van der Waals surface area contributed by atoms with Crippen LogP contribution in [0.3, 0.4) is 0 Å². The fourth-order valence-electron chi connectivity index (χ4n) is 15.0. The monoisotopic (exact) mass is 1250 g/mol. The molecule has 1 unspecified atom stereocenters. The number of aryl methyl sites for hydroxylation is 1. The molecule has 8 heterocycles. The zero-order valence-electron chi connectivity index (χ0n) is 52.9. The van der Waals surface area contributed by atoms with Gasteiger partial charge in [0, 0.05) is 84.8 Å². The van der Waals surface area contributed by atoms with E-state index < -0.39 is 40.9 Å². The number of carbonyl (C=O) groups is 8. The number of amides is 8. The maximum atomic E-state index is 16.0. The summed E-state index contributed by atoms with van der Waals surface area (Å²) >= 11 is 0. The Labute approximate surface area is 534 Å². The lowest BCUT2D eigenvalue weighted by Gasteiger charge is -2.48. The molecule has 0 bridgehead atoms. The van der Waals surface area contributed by atoms with Gasteiger partial charge in [-0.15, -0.1) is 0 Å². The Bertz CT molecular complexity index is 3950. The van der Waals surface area contributed by atoms with Crippen molar-refractivity contribution in [1.29, 1.82) is 0 Å². The number of hydrogen-bond donors (Lipinski definition) is 5. The topological polar surface area (TPSA) is 244 Å². The summed E-state index contributed by atoms with van der Waals surface area (Å²) in [6, 6.07) is 22.8. The lowest BCUT2D eigenvalue weighted by molar-refractivity contribution is -0.137. The number of anilines is 4. The summed E-state index contributed by atoms with van der Waals surface area (Å²) < 4.78 is 18.0. The highest BCUT2D eigenvalue weighted by molar-refractivity contribution is 6.25. The molecule has 4 saturated heterocycles. The van der Waals surface area contributed by atoms with Crippen molar-refractivity contribution in [2.24, 2.45) is 0 Å². The molecule has 13 rings (SSSR count). The van der Waals surface area contributed by atoms with Crippen LogP contribution in [0.2, 0.25) is 0 Å². The van der Waals surface area contributed by atoms with Crippen LogP contribution >= 0.6 is 0 Å². The number of nitrogens with one attached hydrogen (secondary N) is 5. The molecule has 1 saturated carbocycles. The van der Waals surface area contributed by atoms with Crippen molar-refractivity contribution in [2.45, 2.75) is 147 Å². The molecule has 1 aliphatic carbocycles. The van der Waals surface area contributed by atoms with Gasteiger partial charge in [0.05, 0.1) is 46.3 Å². The van der Waals surface area contributed by atoms with E-state index in [2.05, 4.69) is 53.4 Å². The molecule has 8 amide bonds. The first-order valence-electron chi connectivity index (χ1n) is 32.8. The molecule has 5 fully saturated rings. The van der Waals surface area contributed by atoms with Gasteiger partial charge >= 0.3 is 0 Å². The van der Waals surface area contributed by atoms with E-state index >= 15 is 9.18 Å². The number of imidazole rings is 1. The molecule has 22 heteroatoms. The number of likely N-dealkylation sites (tertiary alicyclic amines) is 3. The van der Waals surface area contributed by atoms with Crippen LogP contribution in [0.4, 0.5) is 27.3 Å². The minimum atomic E-state index is -1.07. The van der Waals surface area contributed by atoms with Crippen molar-refractivity contribution in [1.82, 2.24) is 50.1 Å². The Hall–Kier alpha value is -8.89. The Morgan fingerprint density at radius 1 is 0.772 bits per heavy atom. The summed E-state index contributed by atoms with van der Waals surface area (Å²) in [6.45, 7) is 14.9. The van der Waals surface area contributed by atoms with Crippen LogP contribution in [-0.2, 0) is 24.6 Å². The smallest absolute Gasteiger partial charge is 0.264 e. The standard InChI is InChI=1S/C70H80FN13O8/c1-40(2)75-65(88)50-36-55(52(71)32-42(50)5)77-63-62-56(74-39-82(62)41(3)4)37-54(76-63)46-16-17-51-58(33-46)83(48-34-47(35-48)80-26-7-6-8-27-80)69(92)70(51)22-30-81(31-23-70)60(86)38-79-28-20-44(21-29-79)43-12-14-45(15-13-43)64(87)73-25-24-72-53-11-9-10-49-61(53)68(91)84(67(49)90)57-18-19-59(85)78-66(57)89/h9-17,32-33,36-37,39-41,44,47-48,57,72H,6-8,18-31,34-35,38H2,1-5H3,(H,73,87)(H,75,88)(H,76,77)(H,78,85,89).